The van der Waals surface area contributed by atoms with Gasteiger partial charge in [0, 0.05) is 10.7 Å². The summed E-state index contributed by atoms with van der Waals surface area (Å²) in [5, 5.41) is 3.38. The molecule has 0 spiro atoms. The molecule has 0 aliphatic heterocycles. The molecule has 0 heterocycles. The Morgan fingerprint density at radius 1 is 1.24 bits per heavy atom. The highest BCUT2D eigenvalue weighted by molar-refractivity contribution is 6.31. The van der Waals surface area contributed by atoms with Crippen LogP contribution in [-0.4, -0.2) is 13.0 Å². The molecule has 2 aromatic carbocycles. The van der Waals surface area contributed by atoms with Gasteiger partial charge in [0.05, 0.1) is 18.7 Å². The molecule has 0 bridgehead atoms. The molecular weight excluding hydrogens is 288 g/mol. The smallest absolute Gasteiger partial charge is 0.253 e. The molecule has 0 saturated carbocycles. The van der Waals surface area contributed by atoms with Gasteiger partial charge in [0.15, 0.2) is 0 Å². The van der Waals surface area contributed by atoms with Gasteiger partial charge in [-0.1, -0.05) is 23.7 Å². The molecule has 21 heavy (non-hydrogen) atoms. The van der Waals surface area contributed by atoms with Crippen LogP contribution in [0.25, 0.3) is 0 Å². The Morgan fingerprint density at radius 3 is 2.52 bits per heavy atom. The molecule has 0 fully saturated rings. The van der Waals surface area contributed by atoms with Crippen LogP contribution in [-0.2, 0) is 0 Å². The molecule has 2 aromatic rings. The molecule has 5 heteroatoms. The Labute approximate surface area is 128 Å². The zero-order chi connectivity index (χ0) is 15.4. The lowest BCUT2D eigenvalue weighted by atomic mass is 10.1. The summed E-state index contributed by atoms with van der Waals surface area (Å²) in [7, 11) is 1.61. The number of amides is 1. The van der Waals surface area contributed by atoms with Gasteiger partial charge in [-0.05, 0) is 42.8 Å². The largest absolute Gasteiger partial charge is 0.497 e. The van der Waals surface area contributed by atoms with Crippen molar-refractivity contribution in [1.29, 1.82) is 0 Å². The molecule has 0 aromatic heterocycles. The summed E-state index contributed by atoms with van der Waals surface area (Å²) < 4.78 is 5.11. The number of nitrogens with one attached hydrogen (secondary N) is 1. The van der Waals surface area contributed by atoms with E-state index < -0.39 is 0 Å². The van der Waals surface area contributed by atoms with Crippen LogP contribution in [0.4, 0.5) is 5.69 Å². The number of halogens is 1. The van der Waals surface area contributed by atoms with Crippen LogP contribution in [0, 0.1) is 0 Å². The van der Waals surface area contributed by atoms with Gasteiger partial charge < -0.3 is 15.8 Å². The maximum Gasteiger partial charge on any atom is 0.253 e. The standard InChI is InChI=1S/C16H17ClN2O2/c1-10(11-3-6-13(21-2)7-4-11)19-16(20)14-9-12(17)5-8-15(14)18/h3-10H,18H2,1-2H3,(H,19,20). The lowest BCUT2D eigenvalue weighted by Gasteiger charge is -2.15. The van der Waals surface area contributed by atoms with Gasteiger partial charge in [-0.15, -0.1) is 0 Å². The number of nitrogens with two attached hydrogens (primary N) is 1. The van der Waals surface area contributed by atoms with Crippen molar-refractivity contribution in [2.45, 2.75) is 13.0 Å². The molecule has 2 rings (SSSR count). The van der Waals surface area contributed by atoms with Crippen LogP contribution in [0.2, 0.25) is 5.02 Å². The number of benzene rings is 2. The second-order valence-electron chi connectivity index (χ2n) is 4.70. The van der Waals surface area contributed by atoms with E-state index in [-0.39, 0.29) is 11.9 Å². The highest BCUT2D eigenvalue weighted by atomic mass is 35.5. The summed E-state index contributed by atoms with van der Waals surface area (Å²) in [6, 6.07) is 12.2. The summed E-state index contributed by atoms with van der Waals surface area (Å²) in [4.78, 5) is 12.3. The van der Waals surface area contributed by atoms with Crippen LogP contribution in [0.15, 0.2) is 42.5 Å². The van der Waals surface area contributed by atoms with Crippen LogP contribution in [0.1, 0.15) is 28.9 Å². The van der Waals surface area contributed by atoms with Crippen LogP contribution in [0.3, 0.4) is 0 Å². The van der Waals surface area contributed by atoms with Gasteiger partial charge in [-0.25, -0.2) is 0 Å². The van der Waals surface area contributed by atoms with Crippen molar-refractivity contribution in [3.05, 3.63) is 58.6 Å². The molecule has 1 atom stereocenters. The maximum atomic E-state index is 12.3. The molecule has 4 nitrogen and oxygen atoms in total. The van der Waals surface area contributed by atoms with Crippen LogP contribution < -0.4 is 15.8 Å². The molecule has 0 radical (unpaired) electrons. The monoisotopic (exact) mass is 304 g/mol. The van der Waals surface area contributed by atoms with Crippen LogP contribution in [0.5, 0.6) is 5.75 Å². The normalized spacial score (nSPS) is 11.8. The van der Waals surface area contributed by atoms with Crippen molar-refractivity contribution >= 4 is 23.2 Å². The maximum absolute atomic E-state index is 12.3. The first kappa shape index (κ1) is 15.2. The lowest BCUT2D eigenvalue weighted by molar-refractivity contribution is 0.0941. The molecule has 0 aliphatic rings. The third-order valence-corrected chi connectivity index (χ3v) is 3.46. The third-order valence-electron chi connectivity index (χ3n) is 3.22. The van der Waals surface area contributed by atoms with E-state index in [1.807, 2.05) is 31.2 Å². The van der Waals surface area contributed by atoms with Gasteiger partial charge in [-0.3, -0.25) is 4.79 Å². The first-order chi connectivity index (χ1) is 10.0. The minimum absolute atomic E-state index is 0.151. The number of carbonyl (C=O) groups excluding carboxylic acids is 1. The van der Waals surface area contributed by atoms with E-state index in [2.05, 4.69) is 5.32 Å². The van der Waals surface area contributed by atoms with E-state index in [1.165, 1.54) is 0 Å². The fourth-order valence-electron chi connectivity index (χ4n) is 1.98. The van der Waals surface area contributed by atoms with Crippen molar-refractivity contribution < 1.29 is 9.53 Å². The number of anilines is 1. The third kappa shape index (κ3) is 3.67. The Balaban J connectivity index is 2.12. The van der Waals surface area contributed by atoms with E-state index in [0.717, 1.165) is 11.3 Å². The average Bonchev–Trinajstić information content (AvgIpc) is 2.49. The predicted molar refractivity (Wildman–Crippen MR) is 84.7 cm³/mol. The van der Waals surface area contributed by atoms with Gasteiger partial charge in [0.25, 0.3) is 5.91 Å². The van der Waals surface area contributed by atoms with Crippen molar-refractivity contribution in [3.63, 3.8) is 0 Å². The minimum atomic E-state index is -0.252. The number of rotatable bonds is 4. The van der Waals surface area contributed by atoms with Crippen molar-refractivity contribution in [1.82, 2.24) is 5.32 Å². The minimum Gasteiger partial charge on any atom is -0.497 e. The molecule has 0 aliphatic carbocycles. The molecular formula is C16H17ClN2O2. The topological polar surface area (TPSA) is 64.3 Å². The summed E-state index contributed by atoms with van der Waals surface area (Å²) in [6.45, 7) is 1.90. The average molecular weight is 305 g/mol. The van der Waals surface area contributed by atoms with E-state index in [1.54, 1.807) is 25.3 Å². The van der Waals surface area contributed by atoms with E-state index in [4.69, 9.17) is 22.1 Å². The van der Waals surface area contributed by atoms with Crippen molar-refractivity contribution in [2.75, 3.05) is 12.8 Å². The summed E-state index contributed by atoms with van der Waals surface area (Å²) in [5.74, 6) is 0.523. The van der Waals surface area contributed by atoms with E-state index in [0.29, 0.717) is 16.3 Å². The van der Waals surface area contributed by atoms with Crippen LogP contribution >= 0.6 is 11.6 Å². The second-order valence-corrected chi connectivity index (χ2v) is 5.14. The number of methoxy groups -OCH3 is 1. The fourth-order valence-corrected chi connectivity index (χ4v) is 2.15. The fraction of sp³-hybridized carbons (Fsp3) is 0.188. The van der Waals surface area contributed by atoms with Gasteiger partial charge >= 0.3 is 0 Å². The Morgan fingerprint density at radius 2 is 1.90 bits per heavy atom. The summed E-state index contributed by atoms with van der Waals surface area (Å²) in [5.41, 5.74) is 7.56. The van der Waals surface area contributed by atoms with Gasteiger partial charge in [0.1, 0.15) is 5.75 Å². The lowest BCUT2D eigenvalue weighted by Crippen LogP contribution is -2.27. The quantitative estimate of drug-likeness (QED) is 0.851. The summed E-state index contributed by atoms with van der Waals surface area (Å²) in [6.07, 6.45) is 0. The highest BCUT2D eigenvalue weighted by Crippen LogP contribution is 2.21. The number of ether oxygens (including phenoxy) is 1. The zero-order valence-corrected chi connectivity index (χ0v) is 12.6. The van der Waals surface area contributed by atoms with Crippen molar-refractivity contribution in [3.8, 4) is 5.75 Å². The number of carbonyl (C=O) groups is 1. The first-order valence-electron chi connectivity index (χ1n) is 6.51. The molecule has 1 amide bonds. The Kier molecular flexibility index (Phi) is 4.70. The van der Waals surface area contributed by atoms with E-state index in [9.17, 15) is 4.79 Å². The number of hydrogen-bond acceptors (Lipinski definition) is 3. The Bertz CT molecular complexity index is 641. The molecule has 3 N–H and O–H groups in total. The predicted octanol–water partition coefficient (Wildman–Crippen LogP) is 3.42. The number of nitrogen functional groups attached to an aromatic ring is 1. The van der Waals surface area contributed by atoms with E-state index >= 15 is 0 Å². The summed E-state index contributed by atoms with van der Waals surface area (Å²) >= 11 is 5.90. The number of hydrogen-bond donors (Lipinski definition) is 2. The van der Waals surface area contributed by atoms with Gasteiger partial charge in [-0.2, -0.15) is 0 Å². The molecule has 0 saturated heterocycles. The zero-order valence-electron chi connectivity index (χ0n) is 11.9. The highest BCUT2D eigenvalue weighted by Gasteiger charge is 2.14. The molecule has 1 unspecified atom stereocenters. The molecule has 110 valence electrons. The second kappa shape index (κ2) is 6.50. The first-order valence-corrected chi connectivity index (χ1v) is 6.89. The van der Waals surface area contributed by atoms with Crippen molar-refractivity contribution in [2.24, 2.45) is 0 Å². The SMILES string of the molecule is COc1ccc(C(C)NC(=O)c2cc(Cl)ccc2N)cc1. The Hall–Kier alpha value is -2.20. The van der Waals surface area contributed by atoms with Gasteiger partial charge in [0.2, 0.25) is 0 Å².